The van der Waals surface area contributed by atoms with E-state index in [2.05, 4.69) is 5.32 Å². The summed E-state index contributed by atoms with van der Waals surface area (Å²) in [5.41, 5.74) is 0.827. The largest absolute Gasteiger partial charge is 0.459 e. The Bertz CT molecular complexity index is 792. The fraction of sp³-hybridized carbons (Fsp3) is 0.524. The zero-order valence-corrected chi connectivity index (χ0v) is 15.8. The Morgan fingerprint density at radius 2 is 1.85 bits per heavy atom. The average Bonchev–Trinajstić information content (AvgIpc) is 3.37. The van der Waals surface area contributed by atoms with Crippen LogP contribution >= 0.6 is 0 Å². The van der Waals surface area contributed by atoms with Crippen LogP contribution in [0.15, 0.2) is 34.7 Å². The Kier molecular flexibility index (Phi) is 5.05. The molecule has 2 atom stereocenters. The molecule has 4 rings (SSSR count). The summed E-state index contributed by atoms with van der Waals surface area (Å²) < 4.78 is 5.86. The minimum Gasteiger partial charge on any atom is -0.459 e. The summed E-state index contributed by atoms with van der Waals surface area (Å²) in [5.74, 6) is 0.601. The van der Waals surface area contributed by atoms with Crippen molar-refractivity contribution in [3.63, 3.8) is 0 Å². The Labute approximate surface area is 159 Å². The Balaban J connectivity index is 1.37. The molecule has 1 aromatic heterocycles. The van der Waals surface area contributed by atoms with E-state index in [9.17, 15) is 9.59 Å². The van der Waals surface area contributed by atoms with Gasteiger partial charge in [-0.1, -0.05) is 18.2 Å². The molecule has 6 nitrogen and oxygen atoms in total. The third kappa shape index (κ3) is 3.80. The number of hydrogen-bond acceptors (Lipinski definition) is 3. The molecular formula is C21H27N3O3. The first-order chi connectivity index (χ1) is 13.1. The number of furan rings is 1. The van der Waals surface area contributed by atoms with Gasteiger partial charge in [-0.05, 0) is 44.7 Å². The van der Waals surface area contributed by atoms with Crippen molar-refractivity contribution in [2.75, 3.05) is 26.2 Å². The quantitative estimate of drug-likeness (QED) is 0.900. The van der Waals surface area contributed by atoms with Crippen LogP contribution in [0, 0.1) is 5.92 Å². The molecule has 2 saturated heterocycles. The van der Waals surface area contributed by atoms with Crippen LogP contribution < -0.4 is 5.32 Å². The van der Waals surface area contributed by atoms with Crippen molar-refractivity contribution in [1.29, 1.82) is 0 Å². The number of nitrogens with one attached hydrogen (secondary N) is 1. The topological polar surface area (TPSA) is 65.8 Å². The lowest BCUT2D eigenvalue weighted by Gasteiger charge is -2.35. The molecule has 0 spiro atoms. The third-order valence-electron chi connectivity index (χ3n) is 5.67. The van der Waals surface area contributed by atoms with E-state index in [0.29, 0.717) is 6.54 Å². The highest BCUT2D eigenvalue weighted by atomic mass is 16.3. The van der Waals surface area contributed by atoms with Crippen LogP contribution in [-0.4, -0.2) is 47.9 Å². The number of urea groups is 1. The highest BCUT2D eigenvalue weighted by Crippen LogP contribution is 2.25. The van der Waals surface area contributed by atoms with Gasteiger partial charge in [0.25, 0.3) is 0 Å². The maximum Gasteiger partial charge on any atom is 0.320 e. The molecule has 2 aliphatic rings. The number of hydrogen-bond donors (Lipinski definition) is 1. The van der Waals surface area contributed by atoms with E-state index in [0.717, 1.165) is 62.0 Å². The number of piperidine rings is 1. The molecule has 6 heteroatoms. The minimum absolute atomic E-state index is 0.00174. The van der Waals surface area contributed by atoms with E-state index in [1.54, 1.807) is 0 Å². The molecule has 3 amide bonds. The predicted molar refractivity (Wildman–Crippen MR) is 103 cm³/mol. The van der Waals surface area contributed by atoms with Crippen LogP contribution in [0.3, 0.4) is 0 Å². The average molecular weight is 369 g/mol. The van der Waals surface area contributed by atoms with Crippen molar-refractivity contribution in [3.8, 4) is 0 Å². The fourth-order valence-corrected chi connectivity index (χ4v) is 4.09. The van der Waals surface area contributed by atoms with Crippen molar-refractivity contribution in [1.82, 2.24) is 15.1 Å². The molecule has 0 bridgehead atoms. The van der Waals surface area contributed by atoms with Gasteiger partial charge in [0.15, 0.2) is 0 Å². The summed E-state index contributed by atoms with van der Waals surface area (Å²) in [6, 6.07) is 9.71. The molecule has 1 aromatic carbocycles. The first-order valence-corrected chi connectivity index (χ1v) is 9.94. The lowest BCUT2D eigenvalue weighted by Crippen LogP contribution is -2.49. The number of carbonyl (C=O) groups is 2. The number of amides is 3. The second kappa shape index (κ2) is 7.62. The molecule has 1 N–H and O–H groups in total. The van der Waals surface area contributed by atoms with Crippen LogP contribution in [-0.2, 0) is 4.79 Å². The van der Waals surface area contributed by atoms with Crippen LogP contribution in [0.2, 0.25) is 0 Å². The van der Waals surface area contributed by atoms with E-state index in [-0.39, 0.29) is 23.9 Å². The lowest BCUT2D eigenvalue weighted by atomic mass is 9.97. The summed E-state index contributed by atoms with van der Waals surface area (Å²) in [7, 11) is 0. The first-order valence-electron chi connectivity index (χ1n) is 9.94. The highest BCUT2D eigenvalue weighted by molar-refractivity contribution is 5.82. The Morgan fingerprint density at radius 3 is 2.63 bits per heavy atom. The molecule has 0 aliphatic carbocycles. The normalized spacial score (nSPS) is 21.4. The van der Waals surface area contributed by atoms with Gasteiger partial charge in [-0.2, -0.15) is 0 Å². The number of carbonyl (C=O) groups excluding carboxylic acids is 2. The summed E-state index contributed by atoms with van der Waals surface area (Å²) in [4.78, 5) is 29.2. The van der Waals surface area contributed by atoms with Gasteiger partial charge in [0, 0.05) is 31.6 Å². The molecule has 3 heterocycles. The zero-order chi connectivity index (χ0) is 18.8. The molecule has 2 aromatic rings. The van der Waals surface area contributed by atoms with Gasteiger partial charge in [0.05, 0.1) is 12.0 Å². The number of benzene rings is 1. The standard InChI is InChI=1S/C21H27N3O3/c1-15(19-13-16-7-2-3-9-18(16)27-19)22-20(25)17-8-6-12-24(14-17)21(26)23-10-4-5-11-23/h2-3,7,9,13,15,17H,4-6,8,10-12,14H2,1H3,(H,22,25)/t15-,17+/m1/s1. The third-order valence-corrected chi connectivity index (χ3v) is 5.67. The van der Waals surface area contributed by atoms with E-state index in [1.165, 1.54) is 0 Å². The predicted octanol–water partition coefficient (Wildman–Crippen LogP) is 3.54. The van der Waals surface area contributed by atoms with Crippen LogP contribution in [0.1, 0.15) is 44.4 Å². The fourth-order valence-electron chi connectivity index (χ4n) is 4.09. The second-order valence-corrected chi connectivity index (χ2v) is 7.68. The molecule has 0 radical (unpaired) electrons. The van der Waals surface area contributed by atoms with Crippen molar-refractivity contribution in [2.24, 2.45) is 5.92 Å². The molecule has 2 aliphatic heterocycles. The van der Waals surface area contributed by atoms with Crippen molar-refractivity contribution >= 4 is 22.9 Å². The summed E-state index contributed by atoms with van der Waals surface area (Å²) >= 11 is 0. The lowest BCUT2D eigenvalue weighted by molar-refractivity contribution is -0.127. The van der Waals surface area contributed by atoms with Gasteiger partial charge in [0.1, 0.15) is 11.3 Å². The molecule has 144 valence electrons. The number of rotatable bonds is 3. The highest BCUT2D eigenvalue weighted by Gasteiger charge is 2.32. The van der Waals surface area contributed by atoms with E-state index in [1.807, 2.05) is 47.1 Å². The van der Waals surface area contributed by atoms with Gasteiger partial charge < -0.3 is 19.5 Å². The smallest absolute Gasteiger partial charge is 0.320 e. The molecule has 0 saturated carbocycles. The van der Waals surface area contributed by atoms with Crippen molar-refractivity contribution < 1.29 is 14.0 Å². The van der Waals surface area contributed by atoms with E-state index < -0.39 is 0 Å². The van der Waals surface area contributed by atoms with Gasteiger partial charge in [0.2, 0.25) is 5.91 Å². The first kappa shape index (κ1) is 17.9. The Hall–Kier alpha value is -2.50. The maximum absolute atomic E-state index is 12.8. The maximum atomic E-state index is 12.8. The van der Waals surface area contributed by atoms with Crippen molar-refractivity contribution in [2.45, 2.75) is 38.6 Å². The van der Waals surface area contributed by atoms with E-state index in [4.69, 9.17) is 4.42 Å². The summed E-state index contributed by atoms with van der Waals surface area (Å²) in [5, 5.41) is 4.11. The number of fused-ring (bicyclic) bond motifs is 1. The molecular weight excluding hydrogens is 342 g/mol. The summed E-state index contributed by atoms with van der Waals surface area (Å²) in [6.45, 7) is 4.88. The summed E-state index contributed by atoms with van der Waals surface area (Å²) in [6.07, 6.45) is 3.86. The van der Waals surface area contributed by atoms with E-state index >= 15 is 0 Å². The van der Waals surface area contributed by atoms with Crippen LogP contribution in [0.5, 0.6) is 0 Å². The Morgan fingerprint density at radius 1 is 1.11 bits per heavy atom. The minimum atomic E-state index is -0.199. The van der Waals surface area contributed by atoms with Gasteiger partial charge in [-0.15, -0.1) is 0 Å². The van der Waals surface area contributed by atoms with Crippen LogP contribution in [0.25, 0.3) is 11.0 Å². The van der Waals surface area contributed by atoms with Gasteiger partial charge in [-0.3, -0.25) is 4.79 Å². The second-order valence-electron chi connectivity index (χ2n) is 7.68. The monoisotopic (exact) mass is 369 g/mol. The van der Waals surface area contributed by atoms with Gasteiger partial charge in [-0.25, -0.2) is 4.79 Å². The van der Waals surface area contributed by atoms with Gasteiger partial charge >= 0.3 is 6.03 Å². The van der Waals surface area contributed by atoms with Crippen LogP contribution in [0.4, 0.5) is 4.79 Å². The molecule has 2 fully saturated rings. The number of nitrogens with zero attached hydrogens (tertiary/aromatic N) is 2. The molecule has 0 unspecified atom stereocenters. The number of para-hydroxylation sites is 1. The zero-order valence-electron chi connectivity index (χ0n) is 15.8. The SMILES string of the molecule is C[C@@H](NC(=O)[C@H]1CCCN(C(=O)N2CCCC2)C1)c1cc2ccccc2o1. The van der Waals surface area contributed by atoms with Crippen molar-refractivity contribution in [3.05, 3.63) is 36.1 Å². The number of likely N-dealkylation sites (tertiary alicyclic amines) is 2. The molecule has 27 heavy (non-hydrogen) atoms.